The zero-order valence-electron chi connectivity index (χ0n) is 9.71. The molecule has 0 radical (unpaired) electrons. The molecule has 0 saturated carbocycles. The molecule has 0 amide bonds. The summed E-state index contributed by atoms with van der Waals surface area (Å²) in [5, 5.41) is 8.50. The van der Waals surface area contributed by atoms with E-state index in [4.69, 9.17) is 16.3 Å². The number of anilines is 1. The van der Waals surface area contributed by atoms with Gasteiger partial charge in [-0.3, -0.25) is 0 Å². The Bertz CT molecular complexity index is 399. The topological polar surface area (TPSA) is 41.5 Å². The zero-order chi connectivity index (χ0) is 11.8. The van der Waals surface area contributed by atoms with Crippen molar-refractivity contribution < 1.29 is 4.74 Å². The van der Waals surface area contributed by atoms with Crippen molar-refractivity contribution >= 4 is 17.4 Å². The SMILES string of the molecule is CN1CC2CN(c3ccc(Cl)nn3)C(CO2)C1. The standard InChI is InChI=1S/C11H15ClN4O/c1-15-4-8-7-17-9(5-15)6-16(8)11-3-2-10(12)13-14-11/h2-3,8-9H,4-7H2,1H3. The maximum atomic E-state index is 5.79. The highest BCUT2D eigenvalue weighted by Crippen LogP contribution is 2.23. The van der Waals surface area contributed by atoms with Crippen LogP contribution in [0.2, 0.25) is 5.15 Å². The summed E-state index contributed by atoms with van der Waals surface area (Å²) < 4.78 is 5.79. The highest BCUT2D eigenvalue weighted by atomic mass is 35.5. The van der Waals surface area contributed by atoms with Gasteiger partial charge < -0.3 is 14.5 Å². The fourth-order valence-electron chi connectivity index (χ4n) is 2.54. The van der Waals surface area contributed by atoms with Gasteiger partial charge in [-0.15, -0.1) is 10.2 Å². The lowest BCUT2D eigenvalue weighted by atomic mass is 10.2. The Morgan fingerprint density at radius 2 is 2.18 bits per heavy atom. The fourth-order valence-corrected chi connectivity index (χ4v) is 2.65. The first-order valence-electron chi connectivity index (χ1n) is 5.78. The maximum absolute atomic E-state index is 5.79. The van der Waals surface area contributed by atoms with Crippen LogP contribution in [0, 0.1) is 0 Å². The van der Waals surface area contributed by atoms with Crippen LogP contribution in [0.25, 0.3) is 0 Å². The van der Waals surface area contributed by atoms with E-state index in [-0.39, 0.29) is 6.10 Å². The van der Waals surface area contributed by atoms with Crippen LogP contribution in [0.5, 0.6) is 0 Å². The number of fused-ring (bicyclic) bond motifs is 4. The van der Waals surface area contributed by atoms with Crippen LogP contribution in [0.3, 0.4) is 0 Å². The number of rotatable bonds is 1. The Kier molecular flexibility index (Phi) is 2.90. The van der Waals surface area contributed by atoms with Crippen LogP contribution >= 0.6 is 11.6 Å². The van der Waals surface area contributed by atoms with Crippen LogP contribution in [0.1, 0.15) is 0 Å². The average Bonchev–Trinajstić information content (AvgIpc) is 2.58. The van der Waals surface area contributed by atoms with E-state index >= 15 is 0 Å². The van der Waals surface area contributed by atoms with Crippen molar-refractivity contribution in [3.8, 4) is 0 Å². The molecule has 0 spiro atoms. The van der Waals surface area contributed by atoms with Crippen molar-refractivity contribution in [1.29, 1.82) is 0 Å². The quantitative estimate of drug-likeness (QED) is 0.736. The molecule has 3 aliphatic rings. The van der Waals surface area contributed by atoms with E-state index in [0.29, 0.717) is 11.2 Å². The number of aromatic nitrogens is 2. The lowest BCUT2D eigenvalue weighted by molar-refractivity contribution is 0.0344. The average molecular weight is 255 g/mol. The second kappa shape index (κ2) is 4.40. The third-order valence-electron chi connectivity index (χ3n) is 3.32. The normalized spacial score (nSPS) is 29.4. The highest BCUT2D eigenvalue weighted by molar-refractivity contribution is 6.29. The lowest BCUT2D eigenvalue weighted by Gasteiger charge is -2.36. The molecule has 4 heterocycles. The highest BCUT2D eigenvalue weighted by Gasteiger charge is 2.35. The molecular weight excluding hydrogens is 240 g/mol. The van der Waals surface area contributed by atoms with E-state index in [0.717, 1.165) is 32.1 Å². The van der Waals surface area contributed by atoms with Crippen molar-refractivity contribution in [2.24, 2.45) is 0 Å². The van der Waals surface area contributed by atoms with E-state index in [1.165, 1.54) is 0 Å². The Balaban J connectivity index is 1.86. The van der Waals surface area contributed by atoms with Crippen molar-refractivity contribution in [3.05, 3.63) is 17.3 Å². The second-order valence-electron chi connectivity index (χ2n) is 4.70. The molecule has 1 aromatic rings. The van der Waals surface area contributed by atoms with E-state index in [1.807, 2.05) is 6.07 Å². The van der Waals surface area contributed by atoms with E-state index < -0.39 is 0 Å². The molecule has 4 rings (SSSR count). The molecule has 3 fully saturated rings. The summed E-state index contributed by atoms with van der Waals surface area (Å²) in [6.07, 6.45) is 0.260. The summed E-state index contributed by atoms with van der Waals surface area (Å²) in [6, 6.07) is 4.07. The predicted octanol–water partition coefficient (Wildman–Crippen LogP) is 0.649. The molecule has 0 aromatic carbocycles. The van der Waals surface area contributed by atoms with Crippen LogP contribution < -0.4 is 4.90 Å². The molecule has 0 N–H and O–H groups in total. The van der Waals surface area contributed by atoms with Crippen LogP contribution in [0.4, 0.5) is 5.82 Å². The molecule has 5 nitrogen and oxygen atoms in total. The predicted molar refractivity (Wildman–Crippen MR) is 65.4 cm³/mol. The minimum atomic E-state index is 0.260. The fraction of sp³-hybridized carbons (Fsp3) is 0.636. The molecule has 2 atom stereocenters. The van der Waals surface area contributed by atoms with Crippen LogP contribution in [0.15, 0.2) is 12.1 Å². The molecule has 92 valence electrons. The van der Waals surface area contributed by atoms with Crippen molar-refractivity contribution in [2.75, 3.05) is 38.2 Å². The van der Waals surface area contributed by atoms with Crippen molar-refractivity contribution in [1.82, 2.24) is 15.1 Å². The monoisotopic (exact) mass is 254 g/mol. The minimum Gasteiger partial charge on any atom is -0.373 e. The second-order valence-corrected chi connectivity index (χ2v) is 5.08. The molecule has 3 saturated heterocycles. The van der Waals surface area contributed by atoms with Gasteiger partial charge in [-0.05, 0) is 19.2 Å². The summed E-state index contributed by atoms with van der Waals surface area (Å²) in [5.41, 5.74) is 0. The summed E-state index contributed by atoms with van der Waals surface area (Å²) in [6.45, 7) is 3.62. The molecule has 3 aliphatic heterocycles. The zero-order valence-corrected chi connectivity index (χ0v) is 10.5. The molecule has 1 aromatic heterocycles. The van der Waals surface area contributed by atoms with Crippen molar-refractivity contribution in [3.63, 3.8) is 0 Å². The molecular formula is C11H15ClN4O. The first-order chi connectivity index (χ1) is 8.22. The van der Waals surface area contributed by atoms with Gasteiger partial charge in [0.1, 0.15) is 0 Å². The smallest absolute Gasteiger partial charge is 0.151 e. The Morgan fingerprint density at radius 3 is 2.94 bits per heavy atom. The van der Waals surface area contributed by atoms with Crippen LogP contribution in [-0.4, -0.2) is 60.5 Å². The lowest BCUT2D eigenvalue weighted by Crippen LogP contribution is -2.49. The van der Waals surface area contributed by atoms with E-state index in [1.54, 1.807) is 6.07 Å². The number of nitrogens with zero attached hydrogens (tertiary/aromatic N) is 4. The minimum absolute atomic E-state index is 0.260. The summed E-state index contributed by atoms with van der Waals surface area (Å²) >= 11 is 5.76. The Morgan fingerprint density at radius 1 is 1.29 bits per heavy atom. The third kappa shape index (κ3) is 2.22. The molecule has 6 heteroatoms. The van der Waals surface area contributed by atoms with Gasteiger partial charge in [0.15, 0.2) is 11.0 Å². The third-order valence-corrected chi connectivity index (χ3v) is 3.52. The largest absolute Gasteiger partial charge is 0.373 e. The summed E-state index contributed by atoms with van der Waals surface area (Å²) in [4.78, 5) is 4.59. The number of halogens is 1. The van der Waals surface area contributed by atoms with Gasteiger partial charge in [0.2, 0.25) is 0 Å². The first-order valence-corrected chi connectivity index (χ1v) is 6.16. The molecule has 2 bridgehead atoms. The van der Waals surface area contributed by atoms with E-state index in [9.17, 15) is 0 Å². The Labute approximate surface area is 105 Å². The van der Waals surface area contributed by atoms with Gasteiger partial charge in [0.05, 0.1) is 18.8 Å². The molecule has 0 aliphatic carbocycles. The summed E-state index contributed by atoms with van der Waals surface area (Å²) in [5.74, 6) is 0.892. The number of hydrogen-bond donors (Lipinski definition) is 0. The van der Waals surface area contributed by atoms with E-state index in [2.05, 4.69) is 27.0 Å². The van der Waals surface area contributed by atoms with Gasteiger partial charge in [0.25, 0.3) is 0 Å². The maximum Gasteiger partial charge on any atom is 0.151 e. The number of likely N-dealkylation sites (N-methyl/N-ethyl adjacent to an activating group) is 1. The van der Waals surface area contributed by atoms with Gasteiger partial charge >= 0.3 is 0 Å². The number of hydrogen-bond acceptors (Lipinski definition) is 5. The van der Waals surface area contributed by atoms with Gasteiger partial charge in [-0.25, -0.2) is 0 Å². The van der Waals surface area contributed by atoms with Gasteiger partial charge in [-0.2, -0.15) is 0 Å². The first kappa shape index (κ1) is 11.2. The number of morpholine rings is 1. The molecule has 2 unspecified atom stereocenters. The van der Waals surface area contributed by atoms with Crippen LogP contribution in [-0.2, 0) is 4.74 Å². The van der Waals surface area contributed by atoms with Gasteiger partial charge in [-0.1, -0.05) is 11.6 Å². The van der Waals surface area contributed by atoms with Gasteiger partial charge in [0, 0.05) is 19.6 Å². The number of ether oxygens (including phenoxy) is 1. The van der Waals surface area contributed by atoms with Crippen molar-refractivity contribution in [2.45, 2.75) is 12.1 Å². The Hall–Kier alpha value is -0.910. The molecule has 17 heavy (non-hydrogen) atoms. The summed E-state index contributed by atoms with van der Waals surface area (Å²) in [7, 11) is 2.13.